The Morgan fingerprint density at radius 2 is 1.97 bits per heavy atom. The summed E-state index contributed by atoms with van der Waals surface area (Å²) in [4.78, 5) is 12.5. The number of nitrogens with zero attached hydrogens (tertiary/aromatic N) is 2. The maximum Gasteiger partial charge on any atom is 0.416 e. The van der Waals surface area contributed by atoms with Crippen LogP contribution in [0.3, 0.4) is 0 Å². The third-order valence-electron chi connectivity index (χ3n) is 4.48. The summed E-state index contributed by atoms with van der Waals surface area (Å²) in [7, 11) is 1.31. The molecular formula is C22H22F3N3O4. The molecule has 1 aromatic heterocycles. The van der Waals surface area contributed by atoms with Crippen molar-refractivity contribution in [2.75, 3.05) is 20.3 Å². The Hall–Kier alpha value is -3.53. The zero-order chi connectivity index (χ0) is 23.3. The van der Waals surface area contributed by atoms with Crippen molar-refractivity contribution in [3.63, 3.8) is 0 Å². The van der Waals surface area contributed by atoms with E-state index in [-0.39, 0.29) is 30.3 Å². The van der Waals surface area contributed by atoms with E-state index in [1.54, 1.807) is 6.07 Å². The lowest BCUT2D eigenvalue weighted by molar-refractivity contribution is -0.137. The van der Waals surface area contributed by atoms with E-state index in [1.165, 1.54) is 25.4 Å². The Morgan fingerprint density at radius 1 is 1.22 bits per heavy atom. The minimum absolute atomic E-state index is 0.0421. The Balaban J connectivity index is 1.65. The Kier molecular flexibility index (Phi) is 7.04. The summed E-state index contributed by atoms with van der Waals surface area (Å²) in [6.07, 6.45) is -4.19. The van der Waals surface area contributed by atoms with Gasteiger partial charge in [-0.1, -0.05) is 18.2 Å². The standard InChI is InChI=1S/C22H22F3N3O4/c1-14-5-3-8-18(9-14)32-13-17(29)11-26-21(30)20-19(31-2)12-28(27-20)16-7-4-6-15(10-16)22(23,24)25/h3-10,12,17,29H,11,13H2,1-2H3,(H,26,30). The molecule has 170 valence electrons. The van der Waals surface area contributed by atoms with Gasteiger partial charge in [-0.05, 0) is 42.8 Å². The monoisotopic (exact) mass is 449 g/mol. The highest BCUT2D eigenvalue weighted by molar-refractivity contribution is 5.95. The van der Waals surface area contributed by atoms with Crippen molar-refractivity contribution in [1.82, 2.24) is 15.1 Å². The molecule has 0 spiro atoms. The number of hydrogen-bond acceptors (Lipinski definition) is 5. The zero-order valence-electron chi connectivity index (χ0n) is 17.4. The van der Waals surface area contributed by atoms with Crippen molar-refractivity contribution in [3.8, 4) is 17.2 Å². The average molecular weight is 449 g/mol. The lowest BCUT2D eigenvalue weighted by Gasteiger charge is -2.13. The second-order valence-corrected chi connectivity index (χ2v) is 7.03. The van der Waals surface area contributed by atoms with Crippen LogP contribution in [0.15, 0.2) is 54.7 Å². The van der Waals surface area contributed by atoms with Crippen LogP contribution < -0.4 is 14.8 Å². The van der Waals surface area contributed by atoms with Gasteiger partial charge >= 0.3 is 6.18 Å². The minimum Gasteiger partial charge on any atom is -0.493 e. The van der Waals surface area contributed by atoms with Gasteiger partial charge in [-0.2, -0.15) is 18.3 Å². The third-order valence-corrected chi connectivity index (χ3v) is 4.48. The van der Waals surface area contributed by atoms with Gasteiger partial charge in [0.05, 0.1) is 24.6 Å². The molecule has 3 aromatic rings. The molecule has 0 bridgehead atoms. The first-order valence-corrected chi connectivity index (χ1v) is 9.64. The van der Waals surface area contributed by atoms with E-state index in [0.717, 1.165) is 22.4 Å². The van der Waals surface area contributed by atoms with Gasteiger partial charge in [0, 0.05) is 6.54 Å². The molecular weight excluding hydrogens is 427 g/mol. The van der Waals surface area contributed by atoms with Gasteiger partial charge in [0.1, 0.15) is 18.5 Å². The van der Waals surface area contributed by atoms with Crippen LogP contribution in [0.25, 0.3) is 5.69 Å². The van der Waals surface area contributed by atoms with Crippen molar-refractivity contribution in [2.24, 2.45) is 0 Å². The lowest BCUT2D eigenvalue weighted by Crippen LogP contribution is -2.35. The van der Waals surface area contributed by atoms with Gasteiger partial charge in [-0.25, -0.2) is 4.68 Å². The van der Waals surface area contributed by atoms with E-state index in [2.05, 4.69) is 10.4 Å². The number of rotatable bonds is 8. The number of amides is 1. The fourth-order valence-electron chi connectivity index (χ4n) is 2.87. The molecule has 1 atom stereocenters. The maximum absolute atomic E-state index is 13.0. The molecule has 1 heterocycles. The van der Waals surface area contributed by atoms with Crippen molar-refractivity contribution < 1.29 is 32.5 Å². The highest BCUT2D eigenvalue weighted by Crippen LogP contribution is 2.30. The van der Waals surface area contributed by atoms with Gasteiger partial charge in [-0.15, -0.1) is 0 Å². The van der Waals surface area contributed by atoms with E-state index in [1.807, 2.05) is 25.1 Å². The molecule has 2 N–H and O–H groups in total. The van der Waals surface area contributed by atoms with Crippen molar-refractivity contribution in [2.45, 2.75) is 19.2 Å². The fourth-order valence-corrected chi connectivity index (χ4v) is 2.87. The Bertz CT molecular complexity index is 1080. The van der Waals surface area contributed by atoms with Crippen molar-refractivity contribution >= 4 is 5.91 Å². The number of halogens is 3. The van der Waals surface area contributed by atoms with Gasteiger partial charge < -0.3 is 19.9 Å². The smallest absolute Gasteiger partial charge is 0.416 e. The lowest BCUT2D eigenvalue weighted by atomic mass is 10.2. The zero-order valence-corrected chi connectivity index (χ0v) is 17.4. The van der Waals surface area contributed by atoms with Crippen LogP contribution in [0, 0.1) is 6.92 Å². The Labute approximate surface area is 182 Å². The third kappa shape index (κ3) is 5.79. The molecule has 32 heavy (non-hydrogen) atoms. The number of aromatic nitrogens is 2. The van der Waals surface area contributed by atoms with Crippen molar-refractivity contribution in [1.29, 1.82) is 0 Å². The quantitative estimate of drug-likeness (QED) is 0.551. The normalized spacial score (nSPS) is 12.3. The minimum atomic E-state index is -4.51. The number of hydrogen-bond donors (Lipinski definition) is 2. The molecule has 3 rings (SSSR count). The molecule has 7 nitrogen and oxygen atoms in total. The first-order chi connectivity index (χ1) is 15.2. The number of carbonyl (C=O) groups is 1. The van der Waals surface area contributed by atoms with Gasteiger partial charge in [-0.3, -0.25) is 4.79 Å². The molecule has 0 aliphatic heterocycles. The summed E-state index contributed by atoms with van der Waals surface area (Å²) in [5, 5.41) is 16.7. The van der Waals surface area contributed by atoms with Gasteiger partial charge in [0.25, 0.3) is 5.91 Å². The number of benzene rings is 2. The number of alkyl halides is 3. The number of aliphatic hydroxyl groups is 1. The van der Waals surface area contributed by atoms with Gasteiger partial charge in [0.2, 0.25) is 0 Å². The highest BCUT2D eigenvalue weighted by Gasteiger charge is 2.30. The predicted molar refractivity (Wildman–Crippen MR) is 110 cm³/mol. The summed E-state index contributed by atoms with van der Waals surface area (Å²) in [5.74, 6) is 0.0180. The summed E-state index contributed by atoms with van der Waals surface area (Å²) in [5.41, 5.74) is 0.154. The highest BCUT2D eigenvalue weighted by atomic mass is 19.4. The Morgan fingerprint density at radius 3 is 2.66 bits per heavy atom. The van der Waals surface area contributed by atoms with Crippen LogP contribution in [0.1, 0.15) is 21.6 Å². The number of aryl methyl sites for hydroxylation is 1. The van der Waals surface area contributed by atoms with Crippen LogP contribution in [0.2, 0.25) is 0 Å². The molecule has 0 saturated carbocycles. The largest absolute Gasteiger partial charge is 0.493 e. The molecule has 1 unspecified atom stereocenters. The van der Waals surface area contributed by atoms with Crippen LogP contribution in [-0.4, -0.2) is 47.2 Å². The van der Waals surface area contributed by atoms with Gasteiger partial charge in [0.15, 0.2) is 11.4 Å². The molecule has 0 aliphatic carbocycles. The summed E-state index contributed by atoms with van der Waals surface area (Å²) in [6, 6.07) is 11.8. The number of carbonyl (C=O) groups excluding carboxylic acids is 1. The maximum atomic E-state index is 13.0. The summed E-state index contributed by atoms with van der Waals surface area (Å²) in [6.45, 7) is 1.75. The van der Waals surface area contributed by atoms with Crippen LogP contribution in [-0.2, 0) is 6.18 Å². The van der Waals surface area contributed by atoms with E-state index < -0.39 is 23.8 Å². The number of ether oxygens (including phenoxy) is 2. The summed E-state index contributed by atoms with van der Waals surface area (Å²) < 4.78 is 50.7. The molecule has 2 aromatic carbocycles. The average Bonchev–Trinajstić information content (AvgIpc) is 3.20. The van der Waals surface area contributed by atoms with Crippen LogP contribution >= 0.6 is 0 Å². The van der Waals surface area contributed by atoms with Crippen LogP contribution in [0.4, 0.5) is 13.2 Å². The molecule has 0 fully saturated rings. The molecule has 0 aliphatic rings. The van der Waals surface area contributed by atoms with E-state index in [0.29, 0.717) is 5.75 Å². The van der Waals surface area contributed by atoms with E-state index >= 15 is 0 Å². The first-order valence-electron chi connectivity index (χ1n) is 9.64. The van der Waals surface area contributed by atoms with Crippen LogP contribution in [0.5, 0.6) is 11.5 Å². The van der Waals surface area contributed by atoms with Crippen molar-refractivity contribution in [3.05, 3.63) is 71.5 Å². The number of nitrogens with one attached hydrogen (secondary N) is 1. The number of methoxy groups -OCH3 is 1. The topological polar surface area (TPSA) is 85.6 Å². The van der Waals surface area contributed by atoms with E-state index in [4.69, 9.17) is 9.47 Å². The molecule has 10 heteroatoms. The second kappa shape index (κ2) is 9.73. The summed E-state index contributed by atoms with van der Waals surface area (Å²) >= 11 is 0. The first kappa shape index (κ1) is 23.1. The SMILES string of the molecule is COc1cn(-c2cccc(C(F)(F)F)c2)nc1C(=O)NCC(O)COc1cccc(C)c1. The number of aliphatic hydroxyl groups excluding tert-OH is 1. The fraction of sp³-hybridized carbons (Fsp3) is 0.273. The molecule has 0 radical (unpaired) electrons. The molecule has 0 saturated heterocycles. The molecule has 1 amide bonds. The van der Waals surface area contributed by atoms with E-state index in [9.17, 15) is 23.1 Å². The predicted octanol–water partition coefficient (Wildman–Crippen LogP) is 3.38. The second-order valence-electron chi connectivity index (χ2n) is 7.03.